The van der Waals surface area contributed by atoms with E-state index in [0.717, 1.165) is 5.39 Å². The average Bonchev–Trinajstić information content (AvgIpc) is 2.43. The predicted octanol–water partition coefficient (Wildman–Crippen LogP) is 2.77. The van der Waals surface area contributed by atoms with Crippen molar-refractivity contribution in [2.24, 2.45) is 0 Å². The van der Waals surface area contributed by atoms with E-state index in [0.29, 0.717) is 16.8 Å². The summed E-state index contributed by atoms with van der Waals surface area (Å²) >= 11 is 0. The number of nitrogens with zero attached hydrogens (tertiary/aromatic N) is 1. The lowest BCUT2D eigenvalue weighted by atomic mass is 10.1. The van der Waals surface area contributed by atoms with E-state index < -0.39 is 0 Å². The molecule has 0 aliphatic rings. The maximum Gasteiger partial charge on any atom is 0.260 e. The van der Waals surface area contributed by atoms with E-state index in [9.17, 15) is 9.18 Å². The molecule has 4 heteroatoms. The van der Waals surface area contributed by atoms with Gasteiger partial charge in [0.1, 0.15) is 11.6 Å². The van der Waals surface area contributed by atoms with Crippen molar-refractivity contribution in [2.45, 2.75) is 6.54 Å². The molecule has 0 aliphatic carbocycles. The SMILES string of the molecule is Nc1cc2ccccc2c(=O)n1Cc1cccc(F)c1. The summed E-state index contributed by atoms with van der Waals surface area (Å²) in [5, 5.41) is 1.42. The minimum Gasteiger partial charge on any atom is -0.385 e. The molecule has 0 fully saturated rings. The highest BCUT2D eigenvalue weighted by atomic mass is 19.1. The highest BCUT2D eigenvalue weighted by molar-refractivity contribution is 5.83. The second kappa shape index (κ2) is 4.81. The van der Waals surface area contributed by atoms with Crippen LogP contribution in [0, 0.1) is 5.82 Å². The Labute approximate surface area is 115 Å². The van der Waals surface area contributed by atoms with Gasteiger partial charge in [-0.15, -0.1) is 0 Å². The zero-order valence-corrected chi connectivity index (χ0v) is 10.7. The molecule has 0 aliphatic heterocycles. The van der Waals surface area contributed by atoms with Gasteiger partial charge in [-0.3, -0.25) is 9.36 Å². The molecular formula is C16H13FN2O. The number of nitrogen functional groups attached to an aromatic ring is 1. The van der Waals surface area contributed by atoms with Crippen molar-refractivity contribution in [3.05, 3.63) is 76.3 Å². The summed E-state index contributed by atoms with van der Waals surface area (Å²) in [5.41, 5.74) is 6.48. The van der Waals surface area contributed by atoms with Crippen molar-refractivity contribution in [3.8, 4) is 0 Å². The predicted molar refractivity (Wildman–Crippen MR) is 78.1 cm³/mol. The molecule has 0 spiro atoms. The zero-order chi connectivity index (χ0) is 14.1. The molecule has 1 heterocycles. The summed E-state index contributed by atoms with van der Waals surface area (Å²) in [6.07, 6.45) is 0. The van der Waals surface area contributed by atoms with Crippen LogP contribution in [0.5, 0.6) is 0 Å². The molecule has 0 saturated heterocycles. The van der Waals surface area contributed by atoms with Gasteiger partial charge >= 0.3 is 0 Å². The van der Waals surface area contributed by atoms with Crippen LogP contribution in [0.3, 0.4) is 0 Å². The number of rotatable bonds is 2. The number of anilines is 1. The summed E-state index contributed by atoms with van der Waals surface area (Å²) < 4.78 is 14.7. The van der Waals surface area contributed by atoms with Crippen LogP contribution in [0.25, 0.3) is 10.8 Å². The Morgan fingerprint density at radius 1 is 1.05 bits per heavy atom. The summed E-state index contributed by atoms with van der Waals surface area (Å²) in [7, 11) is 0. The van der Waals surface area contributed by atoms with Crippen molar-refractivity contribution in [3.63, 3.8) is 0 Å². The van der Waals surface area contributed by atoms with Crippen LogP contribution in [-0.2, 0) is 6.54 Å². The molecule has 0 saturated carbocycles. The Balaban J connectivity index is 2.14. The summed E-state index contributed by atoms with van der Waals surface area (Å²) in [6, 6.07) is 15.2. The van der Waals surface area contributed by atoms with Crippen molar-refractivity contribution in [1.82, 2.24) is 4.57 Å². The van der Waals surface area contributed by atoms with E-state index in [4.69, 9.17) is 5.73 Å². The summed E-state index contributed by atoms with van der Waals surface area (Å²) in [5.74, 6) is 0.0490. The van der Waals surface area contributed by atoms with Crippen molar-refractivity contribution >= 4 is 16.6 Å². The first kappa shape index (κ1) is 12.4. The van der Waals surface area contributed by atoms with E-state index in [2.05, 4.69) is 0 Å². The number of nitrogens with two attached hydrogens (primary N) is 1. The molecule has 2 aromatic carbocycles. The third-order valence-corrected chi connectivity index (χ3v) is 3.28. The molecule has 20 heavy (non-hydrogen) atoms. The highest BCUT2D eigenvalue weighted by Crippen LogP contribution is 2.15. The minimum absolute atomic E-state index is 0.162. The summed E-state index contributed by atoms with van der Waals surface area (Å²) in [6.45, 7) is 0.257. The van der Waals surface area contributed by atoms with Gasteiger partial charge in [0.15, 0.2) is 0 Å². The second-order valence-electron chi connectivity index (χ2n) is 4.68. The first-order chi connectivity index (χ1) is 9.65. The van der Waals surface area contributed by atoms with Gasteiger partial charge < -0.3 is 5.73 Å². The van der Waals surface area contributed by atoms with Crippen molar-refractivity contribution in [2.75, 3.05) is 5.73 Å². The molecule has 3 nitrogen and oxygen atoms in total. The van der Waals surface area contributed by atoms with Gasteiger partial charge in [-0.2, -0.15) is 0 Å². The zero-order valence-electron chi connectivity index (χ0n) is 10.7. The van der Waals surface area contributed by atoms with E-state index in [1.54, 1.807) is 24.3 Å². The van der Waals surface area contributed by atoms with E-state index in [1.165, 1.54) is 16.7 Å². The lowest BCUT2D eigenvalue weighted by Gasteiger charge is -2.11. The van der Waals surface area contributed by atoms with Crippen LogP contribution in [0.4, 0.5) is 10.2 Å². The Morgan fingerprint density at radius 3 is 2.65 bits per heavy atom. The molecule has 3 aromatic rings. The van der Waals surface area contributed by atoms with Crippen LogP contribution >= 0.6 is 0 Å². The highest BCUT2D eigenvalue weighted by Gasteiger charge is 2.07. The fourth-order valence-electron chi connectivity index (χ4n) is 2.30. The third-order valence-electron chi connectivity index (χ3n) is 3.28. The molecular weight excluding hydrogens is 255 g/mol. The maximum atomic E-state index is 13.2. The van der Waals surface area contributed by atoms with Gasteiger partial charge in [0.2, 0.25) is 0 Å². The largest absolute Gasteiger partial charge is 0.385 e. The number of pyridine rings is 1. The van der Waals surface area contributed by atoms with E-state index in [-0.39, 0.29) is 17.9 Å². The minimum atomic E-state index is -0.324. The standard InChI is InChI=1S/C16H13FN2O/c17-13-6-3-4-11(8-13)10-19-15(18)9-12-5-1-2-7-14(12)16(19)20/h1-9H,10,18H2. The summed E-state index contributed by atoms with van der Waals surface area (Å²) in [4.78, 5) is 12.4. The molecule has 3 rings (SSSR count). The number of benzene rings is 2. The van der Waals surface area contributed by atoms with Crippen LogP contribution < -0.4 is 11.3 Å². The number of aromatic nitrogens is 1. The van der Waals surface area contributed by atoms with Gasteiger partial charge in [-0.1, -0.05) is 30.3 Å². The van der Waals surface area contributed by atoms with E-state index in [1.807, 2.05) is 18.2 Å². The van der Waals surface area contributed by atoms with Crippen LogP contribution in [0.1, 0.15) is 5.56 Å². The molecule has 1 aromatic heterocycles. The van der Waals surface area contributed by atoms with Crippen LogP contribution in [0.2, 0.25) is 0 Å². The van der Waals surface area contributed by atoms with Gasteiger partial charge in [0.25, 0.3) is 5.56 Å². The molecule has 0 bridgehead atoms. The first-order valence-electron chi connectivity index (χ1n) is 6.27. The quantitative estimate of drug-likeness (QED) is 0.777. The molecule has 100 valence electrons. The molecule has 0 radical (unpaired) electrons. The third kappa shape index (κ3) is 2.16. The van der Waals surface area contributed by atoms with Gasteiger partial charge in [0, 0.05) is 5.39 Å². The average molecular weight is 268 g/mol. The normalized spacial score (nSPS) is 10.8. The lowest BCUT2D eigenvalue weighted by Crippen LogP contribution is -2.23. The molecule has 0 atom stereocenters. The van der Waals surface area contributed by atoms with Crippen molar-refractivity contribution < 1.29 is 4.39 Å². The number of halogens is 1. The fourth-order valence-corrected chi connectivity index (χ4v) is 2.30. The molecule has 0 amide bonds. The molecule has 2 N–H and O–H groups in total. The first-order valence-corrected chi connectivity index (χ1v) is 6.27. The Morgan fingerprint density at radius 2 is 1.85 bits per heavy atom. The lowest BCUT2D eigenvalue weighted by molar-refractivity contribution is 0.623. The Bertz CT molecular complexity index is 839. The second-order valence-corrected chi connectivity index (χ2v) is 4.68. The van der Waals surface area contributed by atoms with Gasteiger partial charge in [-0.25, -0.2) is 4.39 Å². The maximum absolute atomic E-state index is 13.2. The van der Waals surface area contributed by atoms with Gasteiger partial charge in [-0.05, 0) is 35.2 Å². The number of hydrogen-bond donors (Lipinski definition) is 1. The molecule has 0 unspecified atom stereocenters. The topological polar surface area (TPSA) is 48.0 Å². The van der Waals surface area contributed by atoms with Crippen molar-refractivity contribution in [1.29, 1.82) is 0 Å². The Hall–Kier alpha value is -2.62. The smallest absolute Gasteiger partial charge is 0.260 e. The number of fused-ring (bicyclic) bond motifs is 1. The van der Waals surface area contributed by atoms with Gasteiger partial charge in [0.05, 0.1) is 6.54 Å². The van der Waals surface area contributed by atoms with E-state index >= 15 is 0 Å². The number of hydrogen-bond acceptors (Lipinski definition) is 2. The fraction of sp³-hybridized carbons (Fsp3) is 0.0625. The van der Waals surface area contributed by atoms with Crippen LogP contribution in [-0.4, -0.2) is 4.57 Å². The monoisotopic (exact) mass is 268 g/mol. The Kier molecular flexibility index (Phi) is 2.99. The van der Waals surface area contributed by atoms with Crippen LogP contribution in [0.15, 0.2) is 59.4 Å².